The van der Waals surface area contributed by atoms with Crippen molar-refractivity contribution < 1.29 is 9.47 Å². The molecule has 0 aliphatic heterocycles. The molecule has 0 fully saturated rings. The lowest BCUT2D eigenvalue weighted by Gasteiger charge is -2.18. The molecule has 112 valence electrons. The van der Waals surface area contributed by atoms with Crippen LogP contribution < -0.4 is 14.8 Å². The maximum absolute atomic E-state index is 6.22. The van der Waals surface area contributed by atoms with Gasteiger partial charge < -0.3 is 14.8 Å². The molecule has 0 bridgehead atoms. The van der Waals surface area contributed by atoms with Gasteiger partial charge in [-0.15, -0.1) is 0 Å². The average Bonchev–Trinajstić information content (AvgIpc) is 2.49. The first kappa shape index (κ1) is 15.8. The van der Waals surface area contributed by atoms with Crippen molar-refractivity contribution in [2.75, 3.05) is 19.5 Å². The van der Waals surface area contributed by atoms with Crippen LogP contribution in [0.5, 0.6) is 11.5 Å². The number of nitrogens with one attached hydrogen (secondary N) is 1. The van der Waals surface area contributed by atoms with Gasteiger partial charge in [0.2, 0.25) is 0 Å². The summed E-state index contributed by atoms with van der Waals surface area (Å²) >= 11 is 12.2. The van der Waals surface area contributed by atoms with Crippen LogP contribution in [0.3, 0.4) is 0 Å². The Morgan fingerprint density at radius 3 is 2.33 bits per heavy atom. The van der Waals surface area contributed by atoms with E-state index in [2.05, 4.69) is 5.32 Å². The molecule has 5 heteroatoms. The van der Waals surface area contributed by atoms with E-state index in [-0.39, 0.29) is 6.04 Å². The molecular weight excluding hydrogens is 309 g/mol. The molecule has 0 aliphatic carbocycles. The maximum atomic E-state index is 6.22. The summed E-state index contributed by atoms with van der Waals surface area (Å²) in [5.74, 6) is 1.36. The number of anilines is 1. The van der Waals surface area contributed by atoms with E-state index in [0.717, 1.165) is 11.3 Å². The average molecular weight is 326 g/mol. The largest absolute Gasteiger partial charge is 0.493 e. The van der Waals surface area contributed by atoms with Gasteiger partial charge in [-0.3, -0.25) is 0 Å². The van der Waals surface area contributed by atoms with Gasteiger partial charge in [0.25, 0.3) is 0 Å². The summed E-state index contributed by atoms with van der Waals surface area (Å²) in [5, 5.41) is 4.72. The molecule has 0 aromatic heterocycles. The second-order valence-corrected chi connectivity index (χ2v) is 5.45. The normalized spacial score (nSPS) is 11.9. The first-order valence-electron chi connectivity index (χ1n) is 6.48. The Hall–Kier alpha value is -1.58. The fourth-order valence-corrected chi connectivity index (χ4v) is 2.56. The lowest BCUT2D eigenvalue weighted by atomic mass is 10.1. The highest BCUT2D eigenvalue weighted by atomic mass is 35.5. The van der Waals surface area contributed by atoms with Crippen molar-refractivity contribution in [3.63, 3.8) is 0 Å². The molecule has 0 aliphatic rings. The molecule has 0 radical (unpaired) electrons. The second kappa shape index (κ2) is 6.92. The number of hydrogen-bond donors (Lipinski definition) is 1. The highest BCUT2D eigenvalue weighted by Crippen LogP contribution is 2.33. The Balaban J connectivity index is 2.23. The molecule has 0 amide bonds. The van der Waals surface area contributed by atoms with Crippen LogP contribution >= 0.6 is 23.2 Å². The summed E-state index contributed by atoms with van der Waals surface area (Å²) in [7, 11) is 3.22. The Kier molecular flexibility index (Phi) is 5.21. The van der Waals surface area contributed by atoms with Crippen LogP contribution in [-0.4, -0.2) is 14.2 Å². The molecule has 2 aromatic rings. The first-order chi connectivity index (χ1) is 10.0. The summed E-state index contributed by atoms with van der Waals surface area (Å²) in [6.07, 6.45) is 0. The summed E-state index contributed by atoms with van der Waals surface area (Å²) in [6, 6.07) is 11.1. The van der Waals surface area contributed by atoms with Crippen molar-refractivity contribution in [1.82, 2.24) is 0 Å². The van der Waals surface area contributed by atoms with Crippen molar-refractivity contribution in [3.05, 3.63) is 52.0 Å². The van der Waals surface area contributed by atoms with Crippen molar-refractivity contribution in [3.8, 4) is 11.5 Å². The molecule has 0 spiro atoms. The molecule has 3 nitrogen and oxygen atoms in total. The topological polar surface area (TPSA) is 30.5 Å². The van der Waals surface area contributed by atoms with E-state index in [9.17, 15) is 0 Å². The zero-order chi connectivity index (χ0) is 15.4. The Morgan fingerprint density at radius 2 is 1.67 bits per heavy atom. The molecular formula is C16H17Cl2NO2. The lowest BCUT2D eigenvalue weighted by molar-refractivity contribution is 0.355. The minimum Gasteiger partial charge on any atom is -0.493 e. The molecule has 2 aromatic carbocycles. The van der Waals surface area contributed by atoms with Gasteiger partial charge in [0.15, 0.2) is 11.5 Å². The summed E-state index contributed by atoms with van der Waals surface area (Å²) in [6.45, 7) is 2.02. The molecule has 0 saturated carbocycles. The van der Waals surface area contributed by atoms with Gasteiger partial charge in [0, 0.05) is 21.8 Å². The SMILES string of the molecule is COc1ccc(NC(C)c2cc(Cl)ccc2Cl)cc1OC. The molecule has 21 heavy (non-hydrogen) atoms. The van der Waals surface area contributed by atoms with E-state index in [1.807, 2.05) is 31.2 Å². The predicted octanol–water partition coefficient (Wildman–Crippen LogP) is 5.18. The summed E-state index contributed by atoms with van der Waals surface area (Å²) in [4.78, 5) is 0. The van der Waals surface area contributed by atoms with Crippen molar-refractivity contribution in [1.29, 1.82) is 0 Å². The predicted molar refractivity (Wildman–Crippen MR) is 88.0 cm³/mol. The zero-order valence-corrected chi connectivity index (χ0v) is 13.6. The van der Waals surface area contributed by atoms with Gasteiger partial charge in [-0.1, -0.05) is 23.2 Å². The molecule has 0 heterocycles. The standard InChI is InChI=1S/C16H17Cl2NO2/c1-10(13-8-11(17)4-6-14(13)18)19-12-5-7-15(20-2)16(9-12)21-3/h4-10,19H,1-3H3. The van der Waals surface area contributed by atoms with Crippen LogP contribution in [0, 0.1) is 0 Å². The van der Waals surface area contributed by atoms with Crippen molar-refractivity contribution in [2.24, 2.45) is 0 Å². The van der Waals surface area contributed by atoms with Crippen molar-refractivity contribution >= 4 is 28.9 Å². The van der Waals surface area contributed by atoms with Crippen LogP contribution in [0.1, 0.15) is 18.5 Å². The molecule has 1 N–H and O–H groups in total. The second-order valence-electron chi connectivity index (χ2n) is 4.60. The van der Waals surface area contributed by atoms with Gasteiger partial charge in [0.05, 0.1) is 20.3 Å². The van der Waals surface area contributed by atoms with Crippen LogP contribution in [0.4, 0.5) is 5.69 Å². The van der Waals surface area contributed by atoms with Crippen molar-refractivity contribution in [2.45, 2.75) is 13.0 Å². The number of ether oxygens (including phenoxy) is 2. The zero-order valence-electron chi connectivity index (χ0n) is 12.1. The number of rotatable bonds is 5. The van der Waals surface area contributed by atoms with Crippen LogP contribution in [0.15, 0.2) is 36.4 Å². The third-order valence-electron chi connectivity index (χ3n) is 3.19. The number of benzene rings is 2. The fourth-order valence-electron chi connectivity index (χ4n) is 2.10. The Labute approximate surface area is 134 Å². The Bertz CT molecular complexity index is 632. The quantitative estimate of drug-likeness (QED) is 0.821. The number of hydrogen-bond acceptors (Lipinski definition) is 3. The highest BCUT2D eigenvalue weighted by molar-refractivity contribution is 6.33. The summed E-state index contributed by atoms with van der Waals surface area (Å²) < 4.78 is 10.5. The van der Waals surface area contributed by atoms with Gasteiger partial charge in [0.1, 0.15) is 0 Å². The maximum Gasteiger partial charge on any atom is 0.162 e. The fraction of sp³-hybridized carbons (Fsp3) is 0.250. The Morgan fingerprint density at radius 1 is 0.952 bits per heavy atom. The van der Waals surface area contributed by atoms with E-state index < -0.39 is 0 Å². The minimum atomic E-state index is 0.00861. The summed E-state index contributed by atoms with van der Waals surface area (Å²) in [5.41, 5.74) is 1.86. The number of halogens is 2. The van der Waals surface area contributed by atoms with E-state index in [1.54, 1.807) is 26.4 Å². The van der Waals surface area contributed by atoms with E-state index in [4.69, 9.17) is 32.7 Å². The third-order valence-corrected chi connectivity index (χ3v) is 3.77. The monoisotopic (exact) mass is 325 g/mol. The first-order valence-corrected chi connectivity index (χ1v) is 7.24. The van der Waals surface area contributed by atoms with Crippen LogP contribution in [-0.2, 0) is 0 Å². The smallest absolute Gasteiger partial charge is 0.162 e. The molecule has 2 rings (SSSR count). The van der Waals surface area contributed by atoms with E-state index in [1.165, 1.54) is 0 Å². The highest BCUT2D eigenvalue weighted by Gasteiger charge is 2.12. The number of methoxy groups -OCH3 is 2. The van der Waals surface area contributed by atoms with Crippen LogP contribution in [0.25, 0.3) is 0 Å². The van der Waals surface area contributed by atoms with E-state index in [0.29, 0.717) is 21.5 Å². The van der Waals surface area contributed by atoms with Gasteiger partial charge in [-0.25, -0.2) is 0 Å². The minimum absolute atomic E-state index is 0.00861. The van der Waals surface area contributed by atoms with Crippen LogP contribution in [0.2, 0.25) is 10.0 Å². The van der Waals surface area contributed by atoms with Gasteiger partial charge in [-0.05, 0) is 42.8 Å². The van der Waals surface area contributed by atoms with E-state index >= 15 is 0 Å². The third kappa shape index (κ3) is 3.74. The van der Waals surface area contributed by atoms with Gasteiger partial charge in [-0.2, -0.15) is 0 Å². The molecule has 1 unspecified atom stereocenters. The molecule has 0 saturated heterocycles. The van der Waals surface area contributed by atoms with Gasteiger partial charge >= 0.3 is 0 Å². The molecule has 1 atom stereocenters. The lowest BCUT2D eigenvalue weighted by Crippen LogP contribution is -2.07.